The van der Waals surface area contributed by atoms with Gasteiger partial charge in [0.25, 0.3) is 5.91 Å². The fourth-order valence-electron chi connectivity index (χ4n) is 5.87. The predicted molar refractivity (Wildman–Crippen MR) is 166 cm³/mol. The van der Waals surface area contributed by atoms with Crippen LogP contribution in [0.5, 0.6) is 0 Å². The van der Waals surface area contributed by atoms with Crippen molar-refractivity contribution in [1.82, 2.24) is 30.2 Å². The zero-order chi connectivity index (χ0) is 29.8. The van der Waals surface area contributed by atoms with Gasteiger partial charge in [0.15, 0.2) is 0 Å². The lowest BCUT2D eigenvalue weighted by Crippen LogP contribution is -2.46. The first-order valence-electron chi connectivity index (χ1n) is 14.7. The maximum absolute atomic E-state index is 13.1. The highest BCUT2D eigenvalue weighted by atomic mass is 16.3. The summed E-state index contributed by atoms with van der Waals surface area (Å²) in [7, 11) is 0. The van der Waals surface area contributed by atoms with E-state index in [1.807, 2.05) is 36.4 Å². The van der Waals surface area contributed by atoms with Gasteiger partial charge in [0.1, 0.15) is 23.5 Å². The van der Waals surface area contributed by atoms with E-state index in [9.17, 15) is 14.7 Å². The number of nitrogens with one attached hydrogen (secondary N) is 3. The molecular weight excluding hydrogens is 544 g/mol. The van der Waals surface area contributed by atoms with Crippen molar-refractivity contribution >= 4 is 34.4 Å². The zero-order valence-electron chi connectivity index (χ0n) is 24.0. The van der Waals surface area contributed by atoms with Gasteiger partial charge in [0, 0.05) is 49.8 Å². The molecule has 1 atom stereocenters. The molecule has 0 unspecified atom stereocenters. The second-order valence-electron chi connectivity index (χ2n) is 11.2. The minimum absolute atomic E-state index is 0.0934. The summed E-state index contributed by atoms with van der Waals surface area (Å²) >= 11 is 0. The third-order valence-electron chi connectivity index (χ3n) is 8.12. The Morgan fingerprint density at radius 3 is 2.65 bits per heavy atom. The van der Waals surface area contributed by atoms with Crippen molar-refractivity contribution < 1.29 is 14.7 Å². The van der Waals surface area contributed by atoms with E-state index in [-0.39, 0.29) is 24.0 Å². The quantitative estimate of drug-likeness (QED) is 0.232. The van der Waals surface area contributed by atoms with E-state index in [4.69, 9.17) is 0 Å². The van der Waals surface area contributed by atoms with E-state index in [1.165, 1.54) is 6.08 Å². The molecule has 2 amide bonds. The third kappa shape index (κ3) is 6.73. The summed E-state index contributed by atoms with van der Waals surface area (Å²) in [6.45, 7) is 7.41. The molecule has 2 saturated heterocycles. The molecule has 0 bridgehead atoms. The number of aliphatic hydroxyl groups is 1. The predicted octanol–water partition coefficient (Wildman–Crippen LogP) is 3.50. The van der Waals surface area contributed by atoms with Gasteiger partial charge >= 0.3 is 0 Å². The topological polar surface area (TPSA) is 139 Å². The fourth-order valence-corrected chi connectivity index (χ4v) is 5.87. The van der Waals surface area contributed by atoms with E-state index in [0.717, 1.165) is 85.5 Å². The van der Waals surface area contributed by atoms with Crippen molar-refractivity contribution in [3.63, 3.8) is 0 Å². The average molecular weight is 581 g/mol. The number of H-pyrrole nitrogens is 1. The van der Waals surface area contributed by atoms with E-state index in [2.05, 4.69) is 53.0 Å². The number of fused-ring (bicyclic) bond motifs is 1. The second kappa shape index (κ2) is 12.7. The fraction of sp³-hybridized carbons (Fsp3) is 0.344. The highest BCUT2D eigenvalue weighted by Crippen LogP contribution is 2.30. The van der Waals surface area contributed by atoms with Crippen LogP contribution in [0.1, 0.15) is 41.7 Å². The Morgan fingerprint density at radius 1 is 1.05 bits per heavy atom. The number of aromatic amines is 1. The highest BCUT2D eigenvalue weighted by molar-refractivity contribution is 6.03. The summed E-state index contributed by atoms with van der Waals surface area (Å²) in [5.41, 5.74) is 4.64. The normalized spacial score (nSPS) is 18.0. The van der Waals surface area contributed by atoms with Gasteiger partial charge in [-0.3, -0.25) is 19.5 Å². The van der Waals surface area contributed by atoms with Crippen molar-refractivity contribution in [2.45, 2.75) is 44.4 Å². The average Bonchev–Trinajstić information content (AvgIpc) is 3.47. The number of hydrogen-bond donors (Lipinski definition) is 4. The molecule has 43 heavy (non-hydrogen) atoms. The molecule has 6 rings (SSSR count). The van der Waals surface area contributed by atoms with Crippen LogP contribution in [-0.2, 0) is 11.3 Å². The largest absolute Gasteiger partial charge is 0.393 e. The van der Waals surface area contributed by atoms with Crippen LogP contribution in [-0.4, -0.2) is 80.1 Å². The van der Waals surface area contributed by atoms with Crippen LogP contribution in [0.15, 0.2) is 67.6 Å². The van der Waals surface area contributed by atoms with Gasteiger partial charge in [-0.05, 0) is 79.8 Å². The second-order valence-corrected chi connectivity index (χ2v) is 11.2. The van der Waals surface area contributed by atoms with Crippen LogP contribution in [0, 0.1) is 0 Å². The minimum Gasteiger partial charge on any atom is -0.393 e. The SMILES string of the molecule is C=CC(=O)N[C@@H]1CCCN(Cc2ccnc(C(=O)Nc3ccc(-c4cc5c(N6CCC(O)CC6)ncnc5[nH]4)cc3)c2)C1. The monoisotopic (exact) mass is 580 g/mol. The first-order chi connectivity index (χ1) is 20.9. The number of likely N-dealkylation sites (tertiary alicyclic amines) is 1. The van der Waals surface area contributed by atoms with Gasteiger partial charge in [0.2, 0.25) is 5.91 Å². The molecule has 1 aromatic carbocycles. The number of carbonyl (C=O) groups is 2. The molecule has 11 heteroatoms. The summed E-state index contributed by atoms with van der Waals surface area (Å²) < 4.78 is 0. The van der Waals surface area contributed by atoms with Gasteiger partial charge in [-0.2, -0.15) is 0 Å². The van der Waals surface area contributed by atoms with Gasteiger partial charge < -0.3 is 25.6 Å². The lowest BCUT2D eigenvalue weighted by molar-refractivity contribution is -0.117. The molecule has 5 heterocycles. The molecule has 3 aromatic heterocycles. The number of benzene rings is 1. The van der Waals surface area contributed by atoms with Crippen molar-refractivity contribution in [2.24, 2.45) is 0 Å². The Kier molecular flexibility index (Phi) is 8.43. The first-order valence-corrected chi connectivity index (χ1v) is 14.7. The molecule has 2 aliphatic rings. The molecule has 222 valence electrons. The Labute approximate surface area is 250 Å². The third-order valence-corrected chi connectivity index (χ3v) is 8.12. The summed E-state index contributed by atoms with van der Waals surface area (Å²) in [5, 5.41) is 16.8. The number of nitrogens with zero attached hydrogens (tertiary/aromatic N) is 5. The van der Waals surface area contributed by atoms with E-state index in [1.54, 1.807) is 12.5 Å². The van der Waals surface area contributed by atoms with Crippen LogP contribution < -0.4 is 15.5 Å². The van der Waals surface area contributed by atoms with Crippen molar-refractivity contribution in [1.29, 1.82) is 0 Å². The zero-order valence-corrected chi connectivity index (χ0v) is 24.0. The lowest BCUT2D eigenvalue weighted by Gasteiger charge is -2.33. The van der Waals surface area contributed by atoms with Crippen LogP contribution in [0.2, 0.25) is 0 Å². The minimum atomic E-state index is -0.276. The number of carbonyl (C=O) groups excluding carboxylic acids is 2. The molecule has 2 fully saturated rings. The Hall–Kier alpha value is -4.61. The molecule has 0 radical (unpaired) electrons. The van der Waals surface area contributed by atoms with Gasteiger partial charge in [0.05, 0.1) is 11.5 Å². The van der Waals surface area contributed by atoms with Crippen LogP contribution >= 0.6 is 0 Å². The highest BCUT2D eigenvalue weighted by Gasteiger charge is 2.22. The molecule has 0 saturated carbocycles. The van der Waals surface area contributed by atoms with Crippen molar-refractivity contribution in [3.05, 3.63) is 78.9 Å². The smallest absolute Gasteiger partial charge is 0.274 e. The number of piperidine rings is 2. The van der Waals surface area contributed by atoms with Crippen LogP contribution in [0.4, 0.5) is 11.5 Å². The number of hydrogen-bond acceptors (Lipinski definition) is 8. The Bertz CT molecular complexity index is 1610. The lowest BCUT2D eigenvalue weighted by atomic mass is 10.0. The number of rotatable bonds is 8. The Balaban J connectivity index is 1.10. The number of aromatic nitrogens is 4. The summed E-state index contributed by atoms with van der Waals surface area (Å²) in [6, 6.07) is 13.5. The Morgan fingerprint density at radius 2 is 1.86 bits per heavy atom. The van der Waals surface area contributed by atoms with Crippen LogP contribution in [0.3, 0.4) is 0 Å². The number of aliphatic hydroxyl groups excluding tert-OH is 1. The summed E-state index contributed by atoms with van der Waals surface area (Å²) in [4.78, 5) is 45.9. The number of pyridine rings is 1. The molecule has 4 N–H and O–H groups in total. The van der Waals surface area contributed by atoms with Crippen molar-refractivity contribution in [3.8, 4) is 11.3 Å². The molecule has 0 spiro atoms. The maximum Gasteiger partial charge on any atom is 0.274 e. The van der Waals surface area contributed by atoms with Gasteiger partial charge in [-0.1, -0.05) is 18.7 Å². The molecule has 2 aliphatic heterocycles. The van der Waals surface area contributed by atoms with Gasteiger partial charge in [-0.25, -0.2) is 9.97 Å². The van der Waals surface area contributed by atoms with E-state index >= 15 is 0 Å². The maximum atomic E-state index is 13.1. The van der Waals surface area contributed by atoms with Crippen LogP contribution in [0.25, 0.3) is 22.3 Å². The molecule has 4 aromatic rings. The van der Waals surface area contributed by atoms with E-state index < -0.39 is 0 Å². The number of anilines is 2. The van der Waals surface area contributed by atoms with Gasteiger partial charge in [-0.15, -0.1) is 0 Å². The molecule has 11 nitrogen and oxygen atoms in total. The first kappa shape index (κ1) is 28.5. The summed E-state index contributed by atoms with van der Waals surface area (Å²) in [5.74, 6) is 0.446. The van der Waals surface area contributed by atoms with Crippen molar-refractivity contribution in [2.75, 3.05) is 36.4 Å². The molecule has 0 aliphatic carbocycles. The van der Waals surface area contributed by atoms with E-state index in [0.29, 0.717) is 17.9 Å². The summed E-state index contributed by atoms with van der Waals surface area (Å²) in [6.07, 6.45) is 7.67. The standard InChI is InChI=1S/C32H36N8O3/c1-2-29(42)36-24-4-3-13-39(19-24)18-21-9-12-33-28(16-21)32(43)37-23-7-5-22(6-8-23)27-17-26-30(38-27)34-20-35-31(26)40-14-10-25(41)11-15-40/h2,5-9,12,16-17,20,24-25,41H,1,3-4,10-11,13-15,18-19H2,(H,36,42)(H,37,43)(H,34,35,38)/t24-/m1/s1. The molecular formula is C32H36N8O3. The number of amides is 2.